The van der Waals surface area contributed by atoms with Gasteiger partial charge in [0.2, 0.25) is 17.6 Å². The second-order valence-corrected chi connectivity index (χ2v) is 6.69. The van der Waals surface area contributed by atoms with Gasteiger partial charge >= 0.3 is 0 Å². The van der Waals surface area contributed by atoms with E-state index in [9.17, 15) is 9.90 Å². The van der Waals surface area contributed by atoms with Gasteiger partial charge in [0.1, 0.15) is 5.75 Å². The highest BCUT2D eigenvalue weighted by atomic mass is 16.5. The van der Waals surface area contributed by atoms with Crippen molar-refractivity contribution >= 4 is 5.91 Å². The lowest BCUT2D eigenvalue weighted by Crippen LogP contribution is -2.39. The number of unbranched alkanes of at least 4 members (excludes halogenated alkanes) is 2. The third-order valence-corrected chi connectivity index (χ3v) is 4.61. The normalized spacial score (nSPS) is 16.7. The van der Waals surface area contributed by atoms with Gasteiger partial charge < -0.3 is 20.3 Å². The van der Waals surface area contributed by atoms with Crippen molar-refractivity contribution in [3.63, 3.8) is 0 Å². The highest BCUT2D eigenvalue weighted by molar-refractivity contribution is 5.82. The Bertz CT molecular complexity index is 738. The van der Waals surface area contributed by atoms with Crippen LogP contribution in [0.4, 0.5) is 0 Å². The summed E-state index contributed by atoms with van der Waals surface area (Å²) in [4.78, 5) is 16.4. The molecule has 1 amide bonds. The van der Waals surface area contributed by atoms with Crippen LogP contribution in [0.25, 0.3) is 11.4 Å². The fourth-order valence-corrected chi connectivity index (χ4v) is 3.09. The Morgan fingerprint density at radius 1 is 1.42 bits per heavy atom. The summed E-state index contributed by atoms with van der Waals surface area (Å²) in [5, 5.41) is 20.3. The minimum absolute atomic E-state index is 0.000885. The number of aromatic nitrogens is 2. The maximum Gasteiger partial charge on any atom is 0.237 e. The molecule has 7 heteroatoms. The largest absolute Gasteiger partial charge is 0.507 e. The van der Waals surface area contributed by atoms with E-state index in [0.717, 1.165) is 50.6 Å². The number of nitrogens with one attached hydrogen (secondary N) is 2. The standard InChI is InChI=1S/C19H26N4O3/c1-2-3-4-7-17-22-18(23-26-17)14-9-8-13(11-16(14)24)12-21-19(25)15-6-5-10-20-15/h8-9,11,15,20,24H,2-7,10,12H2,1H3,(H,21,25). The summed E-state index contributed by atoms with van der Waals surface area (Å²) in [7, 11) is 0. The molecule has 1 aromatic heterocycles. The SMILES string of the molecule is CCCCCc1nc(-c2ccc(CNC(=O)C3CCCN3)cc2O)no1. The van der Waals surface area contributed by atoms with Gasteiger partial charge in [-0.1, -0.05) is 31.0 Å². The molecule has 0 spiro atoms. The first-order valence-electron chi connectivity index (χ1n) is 9.33. The van der Waals surface area contributed by atoms with Crippen LogP contribution in [-0.4, -0.2) is 33.7 Å². The molecule has 3 rings (SSSR count). The van der Waals surface area contributed by atoms with E-state index < -0.39 is 0 Å². The molecule has 0 radical (unpaired) electrons. The van der Waals surface area contributed by atoms with Crippen LogP contribution in [0.1, 0.15) is 50.5 Å². The molecule has 26 heavy (non-hydrogen) atoms. The number of benzene rings is 1. The molecule has 7 nitrogen and oxygen atoms in total. The number of phenols is 1. The molecule has 140 valence electrons. The Hall–Kier alpha value is -2.41. The van der Waals surface area contributed by atoms with E-state index >= 15 is 0 Å². The van der Waals surface area contributed by atoms with Crippen molar-refractivity contribution in [1.29, 1.82) is 0 Å². The Labute approximate surface area is 153 Å². The molecule has 0 saturated carbocycles. The number of nitrogens with zero attached hydrogens (tertiary/aromatic N) is 2. The van der Waals surface area contributed by atoms with Gasteiger partial charge in [0.05, 0.1) is 11.6 Å². The summed E-state index contributed by atoms with van der Waals surface area (Å²) in [5.74, 6) is 1.06. The zero-order valence-electron chi connectivity index (χ0n) is 15.1. The number of hydrogen-bond acceptors (Lipinski definition) is 6. The third-order valence-electron chi connectivity index (χ3n) is 4.61. The molecular formula is C19H26N4O3. The third kappa shape index (κ3) is 4.60. The summed E-state index contributed by atoms with van der Waals surface area (Å²) in [6.45, 7) is 3.41. The molecule has 1 aliphatic heterocycles. The molecule has 1 aliphatic rings. The van der Waals surface area contributed by atoms with Gasteiger partial charge in [-0.05, 0) is 43.5 Å². The smallest absolute Gasteiger partial charge is 0.237 e. The van der Waals surface area contributed by atoms with E-state index in [2.05, 4.69) is 27.7 Å². The lowest BCUT2D eigenvalue weighted by atomic mass is 10.1. The molecule has 1 aromatic carbocycles. The Morgan fingerprint density at radius 3 is 3.04 bits per heavy atom. The predicted molar refractivity (Wildman–Crippen MR) is 97.5 cm³/mol. The second kappa shape index (κ2) is 8.80. The van der Waals surface area contributed by atoms with Crippen LogP contribution in [0.3, 0.4) is 0 Å². The zero-order valence-corrected chi connectivity index (χ0v) is 15.1. The highest BCUT2D eigenvalue weighted by Gasteiger charge is 2.21. The fourth-order valence-electron chi connectivity index (χ4n) is 3.09. The van der Waals surface area contributed by atoms with Gasteiger partial charge in [0.25, 0.3) is 0 Å². The molecule has 2 heterocycles. The van der Waals surface area contributed by atoms with Crippen molar-refractivity contribution in [3.05, 3.63) is 29.7 Å². The summed E-state index contributed by atoms with van der Waals surface area (Å²) < 4.78 is 5.25. The van der Waals surface area contributed by atoms with E-state index in [-0.39, 0.29) is 17.7 Å². The monoisotopic (exact) mass is 358 g/mol. The molecule has 1 saturated heterocycles. The molecule has 1 atom stereocenters. The van der Waals surface area contributed by atoms with E-state index in [0.29, 0.717) is 23.8 Å². The topological polar surface area (TPSA) is 100 Å². The van der Waals surface area contributed by atoms with Crippen LogP contribution in [0.15, 0.2) is 22.7 Å². The van der Waals surface area contributed by atoms with Crippen molar-refractivity contribution in [2.45, 2.75) is 58.0 Å². The minimum Gasteiger partial charge on any atom is -0.507 e. The zero-order chi connectivity index (χ0) is 18.4. The van der Waals surface area contributed by atoms with Gasteiger partial charge in [-0.2, -0.15) is 4.98 Å². The number of phenolic OH excluding ortho intramolecular Hbond substituents is 1. The van der Waals surface area contributed by atoms with Crippen molar-refractivity contribution in [3.8, 4) is 17.1 Å². The van der Waals surface area contributed by atoms with Crippen LogP contribution in [0.2, 0.25) is 0 Å². The minimum atomic E-state index is -0.103. The molecule has 0 bridgehead atoms. The maximum absolute atomic E-state index is 12.0. The van der Waals surface area contributed by atoms with E-state index in [1.165, 1.54) is 0 Å². The van der Waals surface area contributed by atoms with Crippen LogP contribution in [0, 0.1) is 0 Å². The summed E-state index contributed by atoms with van der Waals surface area (Å²) in [6, 6.07) is 5.13. The number of rotatable bonds is 8. The number of aryl methyl sites for hydroxylation is 1. The summed E-state index contributed by atoms with van der Waals surface area (Å²) >= 11 is 0. The van der Waals surface area contributed by atoms with Gasteiger partial charge in [-0.15, -0.1) is 0 Å². The first-order valence-corrected chi connectivity index (χ1v) is 9.33. The Balaban J connectivity index is 1.59. The van der Waals surface area contributed by atoms with Gasteiger partial charge in [-0.25, -0.2) is 0 Å². The van der Waals surface area contributed by atoms with Crippen LogP contribution in [-0.2, 0) is 17.8 Å². The van der Waals surface area contributed by atoms with E-state index in [1.54, 1.807) is 12.1 Å². The van der Waals surface area contributed by atoms with Crippen molar-refractivity contribution < 1.29 is 14.4 Å². The first-order chi connectivity index (χ1) is 12.7. The Morgan fingerprint density at radius 2 is 2.31 bits per heavy atom. The first kappa shape index (κ1) is 18.4. The summed E-state index contributed by atoms with van der Waals surface area (Å²) in [5.41, 5.74) is 1.35. The highest BCUT2D eigenvalue weighted by Crippen LogP contribution is 2.28. The van der Waals surface area contributed by atoms with Crippen LogP contribution in [0.5, 0.6) is 5.75 Å². The number of carbonyl (C=O) groups excluding carboxylic acids is 1. The maximum atomic E-state index is 12.0. The molecule has 0 aliphatic carbocycles. The van der Waals surface area contributed by atoms with E-state index in [1.807, 2.05) is 6.07 Å². The lowest BCUT2D eigenvalue weighted by molar-refractivity contribution is -0.122. The quantitative estimate of drug-likeness (QED) is 0.627. The van der Waals surface area contributed by atoms with Gasteiger partial charge in [-0.3, -0.25) is 4.79 Å². The lowest BCUT2D eigenvalue weighted by Gasteiger charge is -2.11. The molecule has 1 fully saturated rings. The van der Waals surface area contributed by atoms with Crippen LogP contribution < -0.4 is 10.6 Å². The number of aromatic hydroxyl groups is 1. The molecular weight excluding hydrogens is 332 g/mol. The van der Waals surface area contributed by atoms with Gasteiger partial charge in [0, 0.05) is 13.0 Å². The fraction of sp³-hybridized carbons (Fsp3) is 0.526. The van der Waals surface area contributed by atoms with Crippen molar-refractivity contribution in [2.24, 2.45) is 0 Å². The molecule has 3 N–H and O–H groups in total. The van der Waals surface area contributed by atoms with Gasteiger partial charge in [0.15, 0.2) is 0 Å². The Kier molecular flexibility index (Phi) is 6.22. The van der Waals surface area contributed by atoms with Crippen LogP contribution >= 0.6 is 0 Å². The number of hydrogen-bond donors (Lipinski definition) is 3. The number of amides is 1. The molecule has 2 aromatic rings. The van der Waals surface area contributed by atoms with Crippen molar-refractivity contribution in [1.82, 2.24) is 20.8 Å². The van der Waals surface area contributed by atoms with E-state index in [4.69, 9.17) is 4.52 Å². The van der Waals surface area contributed by atoms with Crippen molar-refractivity contribution in [2.75, 3.05) is 6.54 Å². The predicted octanol–water partition coefficient (Wildman–Crippen LogP) is 2.54. The second-order valence-electron chi connectivity index (χ2n) is 6.69. The summed E-state index contributed by atoms with van der Waals surface area (Å²) in [6.07, 6.45) is 5.92. The number of carbonyl (C=O) groups is 1. The average molecular weight is 358 g/mol. The average Bonchev–Trinajstić information content (AvgIpc) is 3.32. The molecule has 1 unspecified atom stereocenters.